The van der Waals surface area contributed by atoms with Crippen LogP contribution in [0.4, 0.5) is 11.5 Å². The number of rotatable bonds is 5. The third-order valence-electron chi connectivity index (χ3n) is 4.21. The Morgan fingerprint density at radius 1 is 1.19 bits per heavy atom. The molecular formula is C17H17N7O2. The molecule has 0 saturated carbocycles. The standard InChI is InChI=1S/C17H17N7O2/c1-26-14-4-2-3-13(5-14)22-17(25)12-7-23(8-12)15-6-16(20-10-19-15)24-11-18-9-21-24/h2-6,9-12H,7-8H2,1H3,(H,22,25). The Morgan fingerprint density at radius 3 is 2.81 bits per heavy atom. The fourth-order valence-corrected chi connectivity index (χ4v) is 2.74. The number of anilines is 2. The van der Waals surface area contributed by atoms with Crippen LogP contribution in [0.25, 0.3) is 5.82 Å². The Kier molecular flexibility index (Phi) is 4.18. The molecule has 1 aliphatic heterocycles. The molecule has 3 heterocycles. The number of carbonyl (C=O) groups is 1. The highest BCUT2D eigenvalue weighted by atomic mass is 16.5. The van der Waals surface area contributed by atoms with Crippen LogP contribution in [0.5, 0.6) is 5.75 Å². The molecule has 0 spiro atoms. The van der Waals surface area contributed by atoms with E-state index in [0.29, 0.717) is 24.7 Å². The summed E-state index contributed by atoms with van der Waals surface area (Å²) in [6.45, 7) is 1.20. The van der Waals surface area contributed by atoms with Crippen LogP contribution in [0, 0.1) is 5.92 Å². The first-order valence-electron chi connectivity index (χ1n) is 8.10. The predicted molar refractivity (Wildman–Crippen MR) is 94.3 cm³/mol. The molecule has 1 amide bonds. The van der Waals surface area contributed by atoms with Crippen LogP contribution in [-0.4, -0.2) is 50.8 Å². The topological polar surface area (TPSA) is 98.1 Å². The summed E-state index contributed by atoms with van der Waals surface area (Å²) in [5.41, 5.74) is 0.725. The van der Waals surface area contributed by atoms with Gasteiger partial charge >= 0.3 is 0 Å². The van der Waals surface area contributed by atoms with Gasteiger partial charge in [-0.2, -0.15) is 5.10 Å². The van der Waals surface area contributed by atoms with Crippen LogP contribution in [0.15, 0.2) is 49.3 Å². The highest BCUT2D eigenvalue weighted by Crippen LogP contribution is 2.25. The number of ether oxygens (including phenoxy) is 1. The molecule has 0 bridgehead atoms. The number of nitrogens with zero attached hydrogens (tertiary/aromatic N) is 6. The number of aromatic nitrogens is 5. The van der Waals surface area contributed by atoms with E-state index >= 15 is 0 Å². The molecule has 0 unspecified atom stereocenters. The highest BCUT2D eigenvalue weighted by Gasteiger charge is 2.33. The smallest absolute Gasteiger partial charge is 0.231 e. The molecule has 1 fully saturated rings. The zero-order chi connectivity index (χ0) is 17.9. The van der Waals surface area contributed by atoms with Gasteiger partial charge in [0.2, 0.25) is 5.91 Å². The van der Waals surface area contributed by atoms with E-state index in [1.807, 2.05) is 29.2 Å². The van der Waals surface area contributed by atoms with E-state index in [-0.39, 0.29) is 11.8 Å². The fraction of sp³-hybridized carbons (Fsp3) is 0.235. The predicted octanol–water partition coefficient (Wildman–Crippen LogP) is 1.14. The summed E-state index contributed by atoms with van der Waals surface area (Å²) < 4.78 is 6.74. The van der Waals surface area contributed by atoms with Gasteiger partial charge in [-0.3, -0.25) is 4.79 Å². The van der Waals surface area contributed by atoms with Gasteiger partial charge in [0.25, 0.3) is 0 Å². The summed E-state index contributed by atoms with van der Waals surface area (Å²) in [6, 6.07) is 9.14. The normalized spacial score (nSPS) is 14.0. The van der Waals surface area contributed by atoms with Gasteiger partial charge in [0.05, 0.1) is 13.0 Å². The van der Waals surface area contributed by atoms with Gasteiger partial charge < -0.3 is 15.0 Å². The van der Waals surface area contributed by atoms with Gasteiger partial charge in [0, 0.05) is 30.9 Å². The second-order valence-electron chi connectivity index (χ2n) is 5.90. The van der Waals surface area contributed by atoms with E-state index in [1.165, 1.54) is 12.7 Å². The van der Waals surface area contributed by atoms with Crippen molar-refractivity contribution in [2.75, 3.05) is 30.4 Å². The fourth-order valence-electron chi connectivity index (χ4n) is 2.74. The first-order chi connectivity index (χ1) is 12.7. The first-order valence-corrected chi connectivity index (χ1v) is 8.10. The summed E-state index contributed by atoms with van der Waals surface area (Å²) >= 11 is 0. The minimum atomic E-state index is -0.0917. The van der Waals surface area contributed by atoms with Gasteiger partial charge in [0.1, 0.15) is 30.5 Å². The number of amides is 1. The Hall–Kier alpha value is -3.49. The molecule has 132 valence electrons. The molecule has 26 heavy (non-hydrogen) atoms. The molecule has 1 aliphatic rings. The van der Waals surface area contributed by atoms with Crippen molar-refractivity contribution >= 4 is 17.4 Å². The lowest BCUT2D eigenvalue weighted by molar-refractivity contribution is -0.120. The van der Waals surface area contributed by atoms with Crippen molar-refractivity contribution in [2.45, 2.75) is 0 Å². The van der Waals surface area contributed by atoms with E-state index in [9.17, 15) is 4.79 Å². The molecule has 0 radical (unpaired) electrons. The van der Waals surface area contributed by atoms with E-state index in [1.54, 1.807) is 24.2 Å². The van der Waals surface area contributed by atoms with Gasteiger partial charge in [-0.15, -0.1) is 0 Å². The zero-order valence-electron chi connectivity index (χ0n) is 14.1. The summed E-state index contributed by atoms with van der Waals surface area (Å²) in [5.74, 6) is 2.00. The molecule has 1 N–H and O–H groups in total. The largest absolute Gasteiger partial charge is 0.497 e. The van der Waals surface area contributed by atoms with Crippen LogP contribution in [0.1, 0.15) is 0 Å². The van der Waals surface area contributed by atoms with Gasteiger partial charge in [-0.25, -0.2) is 19.6 Å². The second kappa shape index (κ2) is 6.79. The van der Waals surface area contributed by atoms with Gasteiger partial charge in [0.15, 0.2) is 5.82 Å². The molecule has 3 aromatic rings. The van der Waals surface area contributed by atoms with Crippen molar-refractivity contribution in [1.82, 2.24) is 24.7 Å². The summed E-state index contributed by atoms with van der Waals surface area (Å²) in [4.78, 5) is 26.8. The third-order valence-corrected chi connectivity index (χ3v) is 4.21. The molecular weight excluding hydrogens is 334 g/mol. The van der Waals surface area contributed by atoms with Crippen molar-refractivity contribution in [1.29, 1.82) is 0 Å². The molecule has 1 saturated heterocycles. The molecule has 1 aromatic carbocycles. The highest BCUT2D eigenvalue weighted by molar-refractivity contribution is 5.94. The van der Waals surface area contributed by atoms with Gasteiger partial charge in [-0.05, 0) is 12.1 Å². The van der Waals surface area contributed by atoms with Crippen LogP contribution in [0.3, 0.4) is 0 Å². The Morgan fingerprint density at radius 2 is 2.04 bits per heavy atom. The van der Waals surface area contributed by atoms with E-state index in [0.717, 1.165) is 11.5 Å². The van der Waals surface area contributed by atoms with E-state index < -0.39 is 0 Å². The van der Waals surface area contributed by atoms with E-state index in [4.69, 9.17) is 4.74 Å². The lowest BCUT2D eigenvalue weighted by Crippen LogP contribution is -2.52. The van der Waals surface area contributed by atoms with Crippen molar-refractivity contribution in [3.8, 4) is 11.6 Å². The summed E-state index contributed by atoms with van der Waals surface area (Å²) in [5, 5.41) is 6.98. The first kappa shape index (κ1) is 16.0. The maximum atomic E-state index is 12.4. The van der Waals surface area contributed by atoms with E-state index in [2.05, 4.69) is 25.4 Å². The van der Waals surface area contributed by atoms with Crippen LogP contribution in [0.2, 0.25) is 0 Å². The SMILES string of the molecule is COc1cccc(NC(=O)C2CN(c3cc(-n4cncn4)ncn3)C2)c1. The summed E-state index contributed by atoms with van der Waals surface area (Å²) in [6.07, 6.45) is 4.51. The number of hydrogen-bond acceptors (Lipinski definition) is 7. The third kappa shape index (κ3) is 3.18. The maximum Gasteiger partial charge on any atom is 0.231 e. The minimum Gasteiger partial charge on any atom is -0.497 e. The number of benzene rings is 1. The molecule has 9 nitrogen and oxygen atoms in total. The van der Waals surface area contributed by atoms with Crippen molar-refractivity contribution in [3.05, 3.63) is 49.3 Å². The average molecular weight is 351 g/mol. The number of nitrogens with one attached hydrogen (secondary N) is 1. The molecule has 0 aliphatic carbocycles. The zero-order valence-corrected chi connectivity index (χ0v) is 14.1. The van der Waals surface area contributed by atoms with Crippen LogP contribution < -0.4 is 15.0 Å². The lowest BCUT2D eigenvalue weighted by Gasteiger charge is -2.39. The van der Waals surface area contributed by atoms with Crippen molar-refractivity contribution in [2.24, 2.45) is 5.92 Å². The monoisotopic (exact) mass is 351 g/mol. The Balaban J connectivity index is 1.38. The number of methoxy groups -OCH3 is 1. The number of hydrogen-bond donors (Lipinski definition) is 1. The summed E-state index contributed by atoms with van der Waals surface area (Å²) in [7, 11) is 1.60. The molecule has 4 rings (SSSR count). The lowest BCUT2D eigenvalue weighted by atomic mass is 9.99. The van der Waals surface area contributed by atoms with Crippen LogP contribution >= 0.6 is 0 Å². The van der Waals surface area contributed by atoms with Gasteiger partial charge in [-0.1, -0.05) is 6.07 Å². The molecule has 2 aromatic heterocycles. The second-order valence-corrected chi connectivity index (χ2v) is 5.90. The van der Waals surface area contributed by atoms with Crippen LogP contribution in [-0.2, 0) is 4.79 Å². The molecule has 0 atom stereocenters. The Bertz CT molecular complexity index is 907. The quantitative estimate of drug-likeness (QED) is 0.736. The number of carbonyl (C=O) groups excluding carboxylic acids is 1. The minimum absolute atomic E-state index is 0.0138. The Labute approximate surface area is 149 Å². The van der Waals surface area contributed by atoms with Crippen molar-refractivity contribution < 1.29 is 9.53 Å². The maximum absolute atomic E-state index is 12.4. The average Bonchev–Trinajstić information content (AvgIpc) is 3.15. The van der Waals surface area contributed by atoms with Crippen molar-refractivity contribution in [3.63, 3.8) is 0 Å². The molecule has 9 heteroatoms.